The van der Waals surface area contributed by atoms with Gasteiger partial charge in [-0.1, -0.05) is 18.7 Å². The van der Waals surface area contributed by atoms with Crippen molar-refractivity contribution in [2.75, 3.05) is 0 Å². The summed E-state index contributed by atoms with van der Waals surface area (Å²) < 4.78 is 8.59. The number of rotatable bonds is 2. The van der Waals surface area contributed by atoms with Crippen molar-refractivity contribution < 1.29 is 14.6 Å². The molecule has 0 fully saturated rings. The van der Waals surface area contributed by atoms with E-state index < -0.39 is 11.9 Å². The van der Waals surface area contributed by atoms with Crippen molar-refractivity contribution >= 4 is 5.97 Å². The Bertz CT molecular complexity index is 1450. The van der Waals surface area contributed by atoms with Gasteiger partial charge in [-0.3, -0.25) is 9.89 Å². The molecule has 2 aliphatic heterocycles. The number of phenols is 1. The summed E-state index contributed by atoms with van der Waals surface area (Å²) in [6, 6.07) is 14.3. The van der Waals surface area contributed by atoms with Gasteiger partial charge in [0.25, 0.3) is 5.56 Å². The predicted octanol–water partition coefficient (Wildman–Crippen LogP) is 3.81. The lowest BCUT2D eigenvalue weighted by atomic mass is 9.90. The standard InChI is InChI=1S/C26H24N4O4/c1-15-10-20(13-21(31)11-15)29-9-8-23(28-29)22-12-16(2)26(33)34-14-18-4-6-19(7-5-18)30-25(32)24(22)17(3)27-30/h4-11,13,22,27,31H,2,12,14H2,1,3H3. The number of ether oxygens (including phenoxy) is 1. The Labute approximate surface area is 195 Å². The van der Waals surface area contributed by atoms with Gasteiger partial charge in [-0.15, -0.1) is 0 Å². The second-order valence-corrected chi connectivity index (χ2v) is 8.61. The molecule has 8 nitrogen and oxygen atoms in total. The van der Waals surface area contributed by atoms with Crippen LogP contribution in [0.25, 0.3) is 11.4 Å². The third-order valence-corrected chi connectivity index (χ3v) is 6.05. The largest absolute Gasteiger partial charge is 0.508 e. The second kappa shape index (κ2) is 8.22. The van der Waals surface area contributed by atoms with Gasteiger partial charge < -0.3 is 9.84 Å². The molecule has 6 rings (SSSR count). The van der Waals surface area contributed by atoms with Crippen LogP contribution in [0.2, 0.25) is 0 Å². The maximum absolute atomic E-state index is 13.5. The van der Waals surface area contributed by atoms with Crippen LogP contribution < -0.4 is 5.56 Å². The van der Waals surface area contributed by atoms with Gasteiger partial charge in [0, 0.05) is 35.0 Å². The van der Waals surface area contributed by atoms with Crippen LogP contribution in [0, 0.1) is 13.8 Å². The van der Waals surface area contributed by atoms with E-state index in [1.54, 1.807) is 23.0 Å². The molecule has 4 bridgehead atoms. The number of fused-ring (bicyclic) bond motifs is 7. The minimum atomic E-state index is -0.524. The molecule has 0 saturated heterocycles. The molecule has 2 aromatic carbocycles. The van der Waals surface area contributed by atoms with E-state index in [2.05, 4.69) is 11.7 Å². The highest BCUT2D eigenvalue weighted by atomic mass is 16.5. The number of carbonyl (C=O) groups excluding carboxylic acids is 1. The smallest absolute Gasteiger partial charge is 0.333 e. The first-order valence-electron chi connectivity index (χ1n) is 10.9. The highest BCUT2D eigenvalue weighted by Crippen LogP contribution is 2.31. The summed E-state index contributed by atoms with van der Waals surface area (Å²) in [5, 5.41) is 17.9. The van der Waals surface area contributed by atoms with Crippen molar-refractivity contribution in [2.24, 2.45) is 0 Å². The predicted molar refractivity (Wildman–Crippen MR) is 126 cm³/mol. The molecular formula is C26H24N4O4. The topological polar surface area (TPSA) is 102 Å². The Morgan fingerprint density at radius 3 is 2.59 bits per heavy atom. The summed E-state index contributed by atoms with van der Waals surface area (Å²) in [5.74, 6) is -0.894. The Morgan fingerprint density at radius 1 is 1.09 bits per heavy atom. The van der Waals surface area contributed by atoms with Crippen LogP contribution in [-0.4, -0.2) is 30.6 Å². The Balaban J connectivity index is 1.65. The number of hydrogen-bond acceptors (Lipinski definition) is 5. The van der Waals surface area contributed by atoms with Crippen LogP contribution in [-0.2, 0) is 16.1 Å². The fourth-order valence-corrected chi connectivity index (χ4v) is 4.37. The van der Waals surface area contributed by atoms with Crippen molar-refractivity contribution in [2.45, 2.75) is 32.8 Å². The highest BCUT2D eigenvalue weighted by molar-refractivity contribution is 5.88. The fraction of sp³-hybridized carbons (Fsp3) is 0.192. The summed E-state index contributed by atoms with van der Waals surface area (Å²) in [4.78, 5) is 26.2. The molecule has 0 spiro atoms. The molecule has 4 heterocycles. The third-order valence-electron chi connectivity index (χ3n) is 6.05. The molecule has 8 heteroatoms. The molecule has 2 aliphatic rings. The van der Waals surface area contributed by atoms with E-state index in [1.165, 1.54) is 4.68 Å². The van der Waals surface area contributed by atoms with Gasteiger partial charge in [0.1, 0.15) is 12.4 Å². The molecule has 2 N–H and O–H groups in total. The summed E-state index contributed by atoms with van der Waals surface area (Å²) in [5.41, 5.74) is 4.92. The molecular weight excluding hydrogens is 432 g/mol. The van der Waals surface area contributed by atoms with Crippen molar-refractivity contribution in [3.8, 4) is 17.1 Å². The first-order valence-corrected chi connectivity index (χ1v) is 10.9. The van der Waals surface area contributed by atoms with Crippen molar-refractivity contribution in [1.29, 1.82) is 0 Å². The summed E-state index contributed by atoms with van der Waals surface area (Å²) in [6.07, 6.45) is 1.94. The maximum atomic E-state index is 13.5. The first kappa shape index (κ1) is 21.5. The zero-order valence-corrected chi connectivity index (χ0v) is 18.9. The minimum absolute atomic E-state index is 0.122. The third kappa shape index (κ3) is 3.83. The van der Waals surface area contributed by atoms with Crippen LogP contribution in [0.4, 0.5) is 0 Å². The number of nitrogens with zero attached hydrogens (tertiary/aromatic N) is 3. The number of aromatic hydroxyl groups is 1. The SMILES string of the molecule is C=C1CC(c2ccn(-c3cc(C)cc(O)c3)n2)c2c(C)[nH]n(c2=O)-c2ccc(cc2)COC1=O. The lowest BCUT2D eigenvalue weighted by Crippen LogP contribution is -2.21. The van der Waals surface area contributed by atoms with Crippen LogP contribution in [0.1, 0.15) is 40.4 Å². The van der Waals surface area contributed by atoms with Crippen LogP contribution in [0.3, 0.4) is 0 Å². The van der Waals surface area contributed by atoms with Gasteiger partial charge in [0.2, 0.25) is 0 Å². The monoisotopic (exact) mass is 456 g/mol. The molecule has 4 aromatic rings. The lowest BCUT2D eigenvalue weighted by Gasteiger charge is -2.15. The maximum Gasteiger partial charge on any atom is 0.333 e. The molecule has 0 radical (unpaired) electrons. The molecule has 172 valence electrons. The molecule has 0 amide bonds. The number of benzene rings is 2. The van der Waals surface area contributed by atoms with E-state index >= 15 is 0 Å². The van der Waals surface area contributed by atoms with Gasteiger partial charge in [-0.05, 0) is 61.7 Å². The molecule has 2 aromatic heterocycles. The number of esters is 1. The molecule has 34 heavy (non-hydrogen) atoms. The van der Waals surface area contributed by atoms with Gasteiger partial charge in [0.05, 0.1) is 17.1 Å². The van der Waals surface area contributed by atoms with Crippen molar-refractivity contribution in [3.63, 3.8) is 0 Å². The Morgan fingerprint density at radius 2 is 1.85 bits per heavy atom. The fourth-order valence-electron chi connectivity index (χ4n) is 4.37. The molecule has 1 unspecified atom stereocenters. The number of phenolic OH excluding ortho intramolecular Hbond substituents is 1. The van der Waals surface area contributed by atoms with Gasteiger partial charge >= 0.3 is 5.97 Å². The zero-order chi connectivity index (χ0) is 24.0. The quantitative estimate of drug-likeness (QED) is 0.353. The van der Waals surface area contributed by atoms with Gasteiger partial charge in [0.15, 0.2) is 0 Å². The van der Waals surface area contributed by atoms with E-state index in [-0.39, 0.29) is 29.9 Å². The minimum Gasteiger partial charge on any atom is -0.508 e. The van der Waals surface area contributed by atoms with Gasteiger partial charge in [-0.2, -0.15) is 5.10 Å². The van der Waals surface area contributed by atoms with Crippen molar-refractivity contribution in [1.82, 2.24) is 19.6 Å². The highest BCUT2D eigenvalue weighted by Gasteiger charge is 2.28. The summed E-state index contributed by atoms with van der Waals surface area (Å²) in [6.45, 7) is 7.78. The van der Waals surface area contributed by atoms with Crippen LogP contribution in [0.15, 0.2) is 71.7 Å². The van der Waals surface area contributed by atoms with E-state index in [0.29, 0.717) is 28.3 Å². The number of hydrogen-bond donors (Lipinski definition) is 2. The molecule has 0 aliphatic carbocycles. The first-order chi connectivity index (χ1) is 16.3. The van der Waals surface area contributed by atoms with E-state index in [1.807, 2.05) is 50.2 Å². The number of aromatic amines is 1. The number of aromatic nitrogens is 4. The molecule has 0 saturated carbocycles. The second-order valence-electron chi connectivity index (χ2n) is 8.61. The zero-order valence-electron chi connectivity index (χ0n) is 18.9. The Kier molecular flexibility index (Phi) is 5.20. The number of nitrogens with one attached hydrogen (secondary N) is 1. The van der Waals surface area contributed by atoms with E-state index in [0.717, 1.165) is 11.1 Å². The summed E-state index contributed by atoms with van der Waals surface area (Å²) >= 11 is 0. The Hall–Kier alpha value is -4.33. The number of aryl methyl sites for hydroxylation is 2. The number of carbonyl (C=O) groups is 1. The average molecular weight is 457 g/mol. The van der Waals surface area contributed by atoms with Crippen molar-refractivity contribution in [3.05, 3.63) is 105 Å². The molecule has 1 atom stereocenters. The van der Waals surface area contributed by atoms with Crippen LogP contribution >= 0.6 is 0 Å². The number of H-pyrrole nitrogens is 1. The summed E-state index contributed by atoms with van der Waals surface area (Å²) in [7, 11) is 0. The average Bonchev–Trinajstić information content (AvgIpc) is 3.40. The normalized spacial score (nSPS) is 16.0. The lowest BCUT2D eigenvalue weighted by molar-refractivity contribution is -0.140. The van der Waals surface area contributed by atoms with Crippen LogP contribution in [0.5, 0.6) is 5.75 Å². The van der Waals surface area contributed by atoms with E-state index in [4.69, 9.17) is 9.84 Å². The van der Waals surface area contributed by atoms with E-state index in [9.17, 15) is 14.7 Å². The van der Waals surface area contributed by atoms with Gasteiger partial charge in [-0.25, -0.2) is 14.2 Å².